The van der Waals surface area contributed by atoms with E-state index in [1.54, 1.807) is 0 Å². The van der Waals surface area contributed by atoms with E-state index in [1.807, 2.05) is 0 Å². The van der Waals surface area contributed by atoms with Gasteiger partial charge in [0.25, 0.3) is 0 Å². The van der Waals surface area contributed by atoms with Gasteiger partial charge in [0.1, 0.15) is 0 Å². The molecule has 0 aromatic heterocycles. The Morgan fingerprint density at radius 2 is 1.87 bits per heavy atom. The van der Waals surface area contributed by atoms with E-state index in [0.717, 1.165) is 32.5 Å². The highest BCUT2D eigenvalue weighted by molar-refractivity contribution is 5.85. The molecule has 0 aromatic carbocycles. The maximum absolute atomic E-state index is 12.4. The SMILES string of the molecule is CC1CN(C(C)(C)CNC(=O)[C@H]2CCN[C@@H](C)C2)CC(C)O1.Cl. The van der Waals surface area contributed by atoms with E-state index < -0.39 is 0 Å². The van der Waals surface area contributed by atoms with Crippen LogP contribution in [-0.4, -0.2) is 60.8 Å². The number of rotatable bonds is 4. The van der Waals surface area contributed by atoms with Crippen LogP contribution in [0.4, 0.5) is 0 Å². The van der Waals surface area contributed by atoms with Crippen molar-refractivity contribution in [2.75, 3.05) is 26.2 Å². The maximum atomic E-state index is 12.4. The van der Waals surface area contributed by atoms with Gasteiger partial charge < -0.3 is 15.4 Å². The van der Waals surface area contributed by atoms with E-state index >= 15 is 0 Å². The Bertz CT molecular complexity index is 382. The first-order chi connectivity index (χ1) is 10.3. The van der Waals surface area contributed by atoms with Crippen molar-refractivity contribution in [3.63, 3.8) is 0 Å². The van der Waals surface area contributed by atoms with Gasteiger partial charge in [0, 0.05) is 37.1 Å². The molecule has 4 atom stereocenters. The number of morpholine rings is 1. The molecule has 2 aliphatic rings. The highest BCUT2D eigenvalue weighted by Crippen LogP contribution is 2.21. The summed E-state index contributed by atoms with van der Waals surface area (Å²) in [5, 5.41) is 6.59. The lowest BCUT2D eigenvalue weighted by Gasteiger charge is -2.45. The number of hydrogen-bond acceptors (Lipinski definition) is 4. The van der Waals surface area contributed by atoms with Crippen molar-refractivity contribution in [2.45, 2.75) is 71.2 Å². The summed E-state index contributed by atoms with van der Waals surface area (Å²) in [5.74, 6) is 0.380. The highest BCUT2D eigenvalue weighted by atomic mass is 35.5. The molecule has 2 aliphatic heterocycles. The summed E-state index contributed by atoms with van der Waals surface area (Å²) in [6, 6.07) is 0.443. The minimum Gasteiger partial charge on any atom is -0.373 e. The minimum absolute atomic E-state index is 0. The zero-order chi connectivity index (χ0) is 16.3. The van der Waals surface area contributed by atoms with Crippen molar-refractivity contribution in [1.29, 1.82) is 0 Å². The molecule has 6 heteroatoms. The van der Waals surface area contributed by atoms with Crippen molar-refractivity contribution < 1.29 is 9.53 Å². The predicted molar refractivity (Wildman–Crippen MR) is 96.1 cm³/mol. The number of piperidine rings is 1. The van der Waals surface area contributed by atoms with Gasteiger partial charge in [-0.2, -0.15) is 0 Å². The topological polar surface area (TPSA) is 53.6 Å². The Kier molecular flexibility index (Phi) is 7.78. The summed E-state index contributed by atoms with van der Waals surface area (Å²) in [7, 11) is 0. The Hall–Kier alpha value is -0.360. The van der Waals surface area contributed by atoms with E-state index in [1.165, 1.54) is 0 Å². The molecule has 2 unspecified atom stereocenters. The van der Waals surface area contributed by atoms with Crippen LogP contribution in [0.1, 0.15) is 47.5 Å². The van der Waals surface area contributed by atoms with Crippen molar-refractivity contribution in [3.8, 4) is 0 Å². The Morgan fingerprint density at radius 3 is 2.43 bits per heavy atom. The molecule has 2 fully saturated rings. The largest absolute Gasteiger partial charge is 0.373 e. The summed E-state index contributed by atoms with van der Waals surface area (Å²) in [6.07, 6.45) is 2.40. The maximum Gasteiger partial charge on any atom is 0.223 e. The van der Waals surface area contributed by atoms with E-state index in [2.05, 4.69) is 50.2 Å². The fourth-order valence-electron chi connectivity index (χ4n) is 3.60. The molecule has 2 N–H and O–H groups in total. The molecule has 2 rings (SSSR count). The molecule has 5 nitrogen and oxygen atoms in total. The molecule has 136 valence electrons. The van der Waals surface area contributed by atoms with Gasteiger partial charge >= 0.3 is 0 Å². The molecule has 0 aliphatic carbocycles. The lowest BCUT2D eigenvalue weighted by molar-refractivity contribution is -0.127. The second-order valence-corrected chi connectivity index (χ2v) is 7.77. The van der Waals surface area contributed by atoms with Crippen LogP contribution in [0.5, 0.6) is 0 Å². The molecular weight excluding hydrogens is 314 g/mol. The number of nitrogens with one attached hydrogen (secondary N) is 2. The fraction of sp³-hybridized carbons (Fsp3) is 0.941. The van der Waals surface area contributed by atoms with E-state index in [0.29, 0.717) is 12.6 Å². The van der Waals surface area contributed by atoms with Crippen LogP contribution in [0.15, 0.2) is 0 Å². The fourth-order valence-corrected chi connectivity index (χ4v) is 3.60. The van der Waals surface area contributed by atoms with E-state index in [-0.39, 0.29) is 42.0 Å². The number of hydrogen-bond donors (Lipinski definition) is 2. The van der Waals surface area contributed by atoms with Gasteiger partial charge in [-0.3, -0.25) is 9.69 Å². The van der Waals surface area contributed by atoms with Crippen LogP contribution < -0.4 is 10.6 Å². The summed E-state index contributed by atoms with van der Waals surface area (Å²) >= 11 is 0. The third-order valence-electron chi connectivity index (χ3n) is 4.97. The predicted octanol–water partition coefficient (Wildman–Crippen LogP) is 1.80. The van der Waals surface area contributed by atoms with Crippen LogP contribution in [-0.2, 0) is 9.53 Å². The molecule has 2 heterocycles. The van der Waals surface area contributed by atoms with Gasteiger partial charge in [0.15, 0.2) is 0 Å². The third kappa shape index (κ3) is 5.89. The summed E-state index contributed by atoms with van der Waals surface area (Å²) in [6.45, 7) is 14.3. The first kappa shape index (κ1) is 20.7. The normalized spacial score (nSPS) is 32.9. The van der Waals surface area contributed by atoms with Gasteiger partial charge in [-0.15, -0.1) is 12.4 Å². The average Bonchev–Trinajstić information content (AvgIpc) is 2.44. The van der Waals surface area contributed by atoms with Crippen LogP contribution in [0.25, 0.3) is 0 Å². The first-order valence-electron chi connectivity index (χ1n) is 8.69. The monoisotopic (exact) mass is 347 g/mol. The molecule has 0 radical (unpaired) electrons. The summed E-state index contributed by atoms with van der Waals surface area (Å²) in [4.78, 5) is 14.9. The van der Waals surface area contributed by atoms with Crippen LogP contribution >= 0.6 is 12.4 Å². The Morgan fingerprint density at radius 1 is 1.26 bits per heavy atom. The summed E-state index contributed by atoms with van der Waals surface area (Å²) in [5.41, 5.74) is -0.0412. The molecular formula is C17H34ClN3O2. The molecule has 23 heavy (non-hydrogen) atoms. The van der Waals surface area contributed by atoms with Crippen LogP contribution in [0.2, 0.25) is 0 Å². The molecule has 0 spiro atoms. The van der Waals surface area contributed by atoms with Gasteiger partial charge in [0.2, 0.25) is 5.91 Å². The van der Waals surface area contributed by atoms with Crippen molar-refractivity contribution in [1.82, 2.24) is 15.5 Å². The quantitative estimate of drug-likeness (QED) is 0.814. The highest BCUT2D eigenvalue weighted by Gasteiger charge is 2.34. The first-order valence-corrected chi connectivity index (χ1v) is 8.69. The molecule has 0 saturated carbocycles. The van der Waals surface area contributed by atoms with E-state index in [9.17, 15) is 4.79 Å². The minimum atomic E-state index is -0.0412. The van der Waals surface area contributed by atoms with E-state index in [4.69, 9.17) is 4.74 Å². The molecule has 0 aromatic rings. The smallest absolute Gasteiger partial charge is 0.223 e. The number of halogens is 1. The zero-order valence-electron chi connectivity index (χ0n) is 15.2. The number of ether oxygens (including phenoxy) is 1. The average molecular weight is 348 g/mol. The van der Waals surface area contributed by atoms with Crippen molar-refractivity contribution in [3.05, 3.63) is 0 Å². The van der Waals surface area contributed by atoms with Gasteiger partial charge in [-0.25, -0.2) is 0 Å². The summed E-state index contributed by atoms with van der Waals surface area (Å²) < 4.78 is 5.81. The molecule has 0 bridgehead atoms. The second-order valence-electron chi connectivity index (χ2n) is 7.77. The Balaban J connectivity index is 0.00000264. The van der Waals surface area contributed by atoms with Crippen molar-refractivity contribution >= 4 is 18.3 Å². The van der Waals surface area contributed by atoms with Gasteiger partial charge in [-0.05, 0) is 54.0 Å². The lowest BCUT2D eigenvalue weighted by atomic mass is 9.92. The molecule has 1 amide bonds. The van der Waals surface area contributed by atoms with Crippen LogP contribution in [0.3, 0.4) is 0 Å². The lowest BCUT2D eigenvalue weighted by Crippen LogP contribution is -2.59. The van der Waals surface area contributed by atoms with Gasteiger partial charge in [-0.1, -0.05) is 0 Å². The Labute approximate surface area is 147 Å². The third-order valence-corrected chi connectivity index (χ3v) is 4.97. The second kappa shape index (κ2) is 8.65. The number of nitrogens with zero attached hydrogens (tertiary/aromatic N) is 1. The zero-order valence-corrected chi connectivity index (χ0v) is 16.0. The van der Waals surface area contributed by atoms with Crippen LogP contribution in [0, 0.1) is 5.92 Å². The standard InChI is InChI=1S/C17H33N3O2.ClH/c1-12-8-15(6-7-18-12)16(21)19-11-17(4,5)20-9-13(2)22-14(3)10-20;/h12-15,18H,6-11H2,1-5H3,(H,19,21);1H/t12-,13?,14?,15-;/m0./s1. The molecule has 2 saturated heterocycles. The van der Waals surface area contributed by atoms with Crippen molar-refractivity contribution in [2.24, 2.45) is 5.92 Å². The number of carbonyl (C=O) groups is 1. The number of carbonyl (C=O) groups excluding carboxylic acids is 1. The van der Waals surface area contributed by atoms with Gasteiger partial charge in [0.05, 0.1) is 12.2 Å². The number of amides is 1.